The molecule has 1 atom stereocenters. The van der Waals surface area contributed by atoms with Crippen LogP contribution in [-0.4, -0.2) is 43.2 Å². The molecule has 0 bridgehead atoms. The Morgan fingerprint density at radius 3 is 2.77 bits per heavy atom. The molecule has 0 saturated heterocycles. The maximum atomic E-state index is 13.8. The van der Waals surface area contributed by atoms with E-state index < -0.39 is 17.6 Å². The number of carboxylic acid groups (broad SMARTS) is 1. The molecule has 3 rings (SSSR count). The lowest BCUT2D eigenvalue weighted by molar-refractivity contribution is -0.137. The summed E-state index contributed by atoms with van der Waals surface area (Å²) >= 11 is 0. The first kappa shape index (κ1) is 22.7. The van der Waals surface area contributed by atoms with Crippen molar-refractivity contribution in [2.75, 3.05) is 31.1 Å². The van der Waals surface area contributed by atoms with Crippen LogP contribution in [0.3, 0.4) is 0 Å². The van der Waals surface area contributed by atoms with E-state index >= 15 is 0 Å². The van der Waals surface area contributed by atoms with E-state index in [1.165, 1.54) is 12.1 Å². The predicted octanol–water partition coefficient (Wildman–Crippen LogP) is 3.18. The Morgan fingerprint density at radius 2 is 2.03 bits per heavy atom. The molecule has 1 amide bonds. The average Bonchev–Trinajstić information content (AvgIpc) is 3.15. The fourth-order valence-electron chi connectivity index (χ4n) is 3.57. The molecular formula is C23H26F2N2O4. The number of hydrogen-bond donors (Lipinski definition) is 2. The van der Waals surface area contributed by atoms with Crippen LogP contribution in [0.1, 0.15) is 24.5 Å². The normalized spacial score (nSPS) is 13.7. The first-order valence-electron chi connectivity index (χ1n) is 10.3. The minimum absolute atomic E-state index is 0.0307. The number of benzene rings is 2. The summed E-state index contributed by atoms with van der Waals surface area (Å²) in [4.78, 5) is 24.6. The van der Waals surface area contributed by atoms with E-state index in [2.05, 4.69) is 5.32 Å². The summed E-state index contributed by atoms with van der Waals surface area (Å²) in [6, 6.07) is 9.15. The van der Waals surface area contributed by atoms with Gasteiger partial charge in [0.25, 0.3) is 0 Å². The molecule has 31 heavy (non-hydrogen) atoms. The summed E-state index contributed by atoms with van der Waals surface area (Å²) in [7, 11) is 0. The molecular weight excluding hydrogens is 406 g/mol. The van der Waals surface area contributed by atoms with Gasteiger partial charge in [-0.2, -0.15) is 0 Å². The highest BCUT2D eigenvalue weighted by molar-refractivity contribution is 5.96. The number of nitrogens with one attached hydrogen (secondary N) is 1. The SMILES string of the molecule is CC(COc1ccc2c(c1)CCN2C(=O)CNCCC(=O)O)Cc1ccc(F)cc1F. The van der Waals surface area contributed by atoms with Crippen molar-refractivity contribution in [3.05, 3.63) is 59.2 Å². The largest absolute Gasteiger partial charge is 0.493 e. The number of carbonyl (C=O) groups is 2. The fourth-order valence-corrected chi connectivity index (χ4v) is 3.57. The van der Waals surface area contributed by atoms with Gasteiger partial charge in [-0.25, -0.2) is 8.78 Å². The molecule has 1 aliphatic rings. The van der Waals surface area contributed by atoms with Crippen molar-refractivity contribution in [1.82, 2.24) is 5.32 Å². The highest BCUT2D eigenvalue weighted by atomic mass is 19.1. The van der Waals surface area contributed by atoms with Crippen LogP contribution in [0.5, 0.6) is 5.75 Å². The molecule has 1 heterocycles. The number of rotatable bonds is 10. The van der Waals surface area contributed by atoms with Gasteiger partial charge in [-0.3, -0.25) is 9.59 Å². The second kappa shape index (κ2) is 10.3. The Kier molecular flexibility index (Phi) is 7.57. The van der Waals surface area contributed by atoms with Gasteiger partial charge < -0.3 is 20.1 Å². The number of nitrogens with zero attached hydrogens (tertiary/aromatic N) is 1. The third-order valence-electron chi connectivity index (χ3n) is 5.16. The van der Waals surface area contributed by atoms with Crippen molar-refractivity contribution in [2.45, 2.75) is 26.2 Å². The van der Waals surface area contributed by atoms with Gasteiger partial charge in [-0.15, -0.1) is 0 Å². The van der Waals surface area contributed by atoms with Crippen molar-refractivity contribution in [2.24, 2.45) is 5.92 Å². The van der Waals surface area contributed by atoms with E-state index in [1.54, 1.807) is 11.0 Å². The zero-order valence-electron chi connectivity index (χ0n) is 17.4. The van der Waals surface area contributed by atoms with Crippen LogP contribution in [0.15, 0.2) is 36.4 Å². The molecule has 166 valence electrons. The monoisotopic (exact) mass is 432 g/mol. The number of fused-ring (bicyclic) bond motifs is 1. The molecule has 0 spiro atoms. The highest BCUT2D eigenvalue weighted by Crippen LogP contribution is 2.31. The Hall–Kier alpha value is -3.00. The molecule has 1 aliphatic heterocycles. The van der Waals surface area contributed by atoms with E-state index in [9.17, 15) is 18.4 Å². The molecule has 0 aliphatic carbocycles. The van der Waals surface area contributed by atoms with E-state index in [-0.39, 0.29) is 31.3 Å². The minimum atomic E-state index is -0.906. The molecule has 0 saturated carbocycles. The van der Waals surface area contributed by atoms with Gasteiger partial charge in [-0.1, -0.05) is 13.0 Å². The maximum absolute atomic E-state index is 13.8. The van der Waals surface area contributed by atoms with Gasteiger partial charge in [0.15, 0.2) is 0 Å². The number of anilines is 1. The molecule has 2 aromatic carbocycles. The Labute approximate surface area is 179 Å². The molecule has 6 nitrogen and oxygen atoms in total. The third kappa shape index (κ3) is 6.24. The average molecular weight is 432 g/mol. The van der Waals surface area contributed by atoms with Crippen LogP contribution in [0, 0.1) is 17.6 Å². The highest BCUT2D eigenvalue weighted by Gasteiger charge is 2.24. The van der Waals surface area contributed by atoms with Gasteiger partial charge in [0, 0.05) is 24.8 Å². The predicted molar refractivity (Wildman–Crippen MR) is 112 cm³/mol. The maximum Gasteiger partial charge on any atom is 0.304 e. The smallest absolute Gasteiger partial charge is 0.304 e. The molecule has 8 heteroatoms. The molecule has 2 N–H and O–H groups in total. The first-order chi connectivity index (χ1) is 14.8. The van der Waals surface area contributed by atoms with E-state index in [4.69, 9.17) is 9.84 Å². The topological polar surface area (TPSA) is 78.9 Å². The first-order valence-corrected chi connectivity index (χ1v) is 10.3. The lowest BCUT2D eigenvalue weighted by Crippen LogP contribution is -2.37. The summed E-state index contributed by atoms with van der Waals surface area (Å²) in [6.07, 6.45) is 1.12. The molecule has 1 unspecified atom stereocenters. The number of carboxylic acids is 1. The fraction of sp³-hybridized carbons (Fsp3) is 0.391. The van der Waals surface area contributed by atoms with Crippen LogP contribution < -0.4 is 15.0 Å². The summed E-state index contributed by atoms with van der Waals surface area (Å²) in [5, 5.41) is 11.5. The Morgan fingerprint density at radius 1 is 1.23 bits per heavy atom. The number of halogens is 2. The molecule has 2 aromatic rings. The zero-order chi connectivity index (χ0) is 22.4. The Bertz CT molecular complexity index is 951. The summed E-state index contributed by atoms with van der Waals surface area (Å²) in [5.74, 6) is -1.44. The standard InChI is InChI=1S/C23H26F2N2O4/c1-15(10-16-2-3-18(24)12-20(16)25)14-31-19-4-5-21-17(11-19)7-9-27(21)22(28)13-26-8-6-23(29)30/h2-5,11-12,15,26H,6-10,13-14H2,1H3,(H,29,30). The number of hydrogen-bond acceptors (Lipinski definition) is 4. The van der Waals surface area contributed by atoms with Crippen molar-refractivity contribution >= 4 is 17.6 Å². The number of amides is 1. The van der Waals surface area contributed by atoms with Crippen LogP contribution >= 0.6 is 0 Å². The second-order valence-corrected chi connectivity index (χ2v) is 7.76. The Balaban J connectivity index is 1.51. The summed E-state index contributed by atoms with van der Waals surface area (Å²) < 4.78 is 32.7. The lowest BCUT2D eigenvalue weighted by Gasteiger charge is -2.18. The van der Waals surface area contributed by atoms with Crippen LogP contribution in [0.4, 0.5) is 14.5 Å². The van der Waals surface area contributed by atoms with Crippen LogP contribution in [-0.2, 0) is 22.4 Å². The van der Waals surface area contributed by atoms with E-state index in [0.29, 0.717) is 37.3 Å². The van der Waals surface area contributed by atoms with Gasteiger partial charge in [0.2, 0.25) is 5.91 Å². The summed E-state index contributed by atoms with van der Waals surface area (Å²) in [6.45, 7) is 3.22. The van der Waals surface area contributed by atoms with Crippen molar-refractivity contribution in [1.29, 1.82) is 0 Å². The van der Waals surface area contributed by atoms with Crippen molar-refractivity contribution in [3.63, 3.8) is 0 Å². The van der Waals surface area contributed by atoms with E-state index in [0.717, 1.165) is 17.3 Å². The quantitative estimate of drug-likeness (QED) is 0.564. The molecule has 0 aromatic heterocycles. The van der Waals surface area contributed by atoms with Crippen molar-refractivity contribution < 1.29 is 28.2 Å². The van der Waals surface area contributed by atoms with Crippen molar-refractivity contribution in [3.8, 4) is 5.75 Å². The number of carbonyl (C=O) groups excluding carboxylic acids is 1. The molecule has 0 radical (unpaired) electrons. The molecule has 0 fully saturated rings. The van der Waals surface area contributed by atoms with E-state index in [1.807, 2.05) is 19.1 Å². The third-order valence-corrected chi connectivity index (χ3v) is 5.16. The minimum Gasteiger partial charge on any atom is -0.493 e. The summed E-state index contributed by atoms with van der Waals surface area (Å²) in [5.41, 5.74) is 2.30. The number of ether oxygens (including phenoxy) is 1. The van der Waals surface area contributed by atoms with Gasteiger partial charge in [0.05, 0.1) is 19.6 Å². The van der Waals surface area contributed by atoms with Gasteiger partial charge in [-0.05, 0) is 54.2 Å². The number of aliphatic carboxylic acids is 1. The lowest BCUT2D eigenvalue weighted by atomic mass is 10.0. The zero-order valence-corrected chi connectivity index (χ0v) is 17.4. The van der Waals surface area contributed by atoms with Gasteiger partial charge in [0.1, 0.15) is 17.4 Å². The van der Waals surface area contributed by atoms with Crippen LogP contribution in [0.2, 0.25) is 0 Å². The van der Waals surface area contributed by atoms with Crippen LogP contribution in [0.25, 0.3) is 0 Å². The van der Waals surface area contributed by atoms with Gasteiger partial charge >= 0.3 is 5.97 Å². The second-order valence-electron chi connectivity index (χ2n) is 7.76.